The van der Waals surface area contributed by atoms with Crippen LogP contribution >= 0.6 is 0 Å². The minimum Gasteiger partial charge on any atom is -0.444 e. The van der Waals surface area contributed by atoms with Crippen LogP contribution in [0.1, 0.15) is 120 Å². The predicted molar refractivity (Wildman–Crippen MR) is 181 cm³/mol. The number of allylic oxidation sites excluding steroid dienone is 2. The molecule has 1 atom stereocenters. The van der Waals surface area contributed by atoms with Gasteiger partial charge in [-0.15, -0.1) is 0 Å². The van der Waals surface area contributed by atoms with Gasteiger partial charge in [0.15, 0.2) is 5.78 Å². The maximum atomic E-state index is 13.1. The number of nitrogens with two attached hydrogens (primary N) is 1. The molecule has 0 aliphatic rings. The third-order valence-electron chi connectivity index (χ3n) is 6.70. The number of nitrogens with one attached hydrogen (secondary N) is 2. The van der Waals surface area contributed by atoms with Gasteiger partial charge in [0.05, 0.1) is 6.04 Å². The molecule has 246 valence electrons. The number of hydrogen-bond donors (Lipinski definition) is 3. The van der Waals surface area contributed by atoms with Crippen LogP contribution in [0, 0.1) is 5.92 Å². The Hall–Kier alpha value is -3.00. The molecule has 0 aliphatic heterocycles. The second kappa shape index (κ2) is 23.5. The standard InChI is InChI=1S/C28H43N3O4.C5H13N.C2H6/c1-8-22(29-10-3)19-20-24(32)23(18-14-17-21-15-12-11-13-16-21)30-25(33)28(6,7)31-26(34)35-27(4,5)9-2;1-5(2)3-4-6;1-2/h8,10-13,15-16,23H,9,14,17-20H2,1-7H3,(H,30,33)(H,31,34);5H,3-4,6H2,1-2H3;1-2H3/b22-8-,29-10?;;/t23-;;/m1../s1. The molecule has 43 heavy (non-hydrogen) atoms. The lowest BCUT2D eigenvalue weighted by molar-refractivity contribution is -0.131. The molecule has 0 bridgehead atoms. The average molecular weight is 603 g/mol. The van der Waals surface area contributed by atoms with Gasteiger partial charge in [-0.1, -0.05) is 71.0 Å². The summed E-state index contributed by atoms with van der Waals surface area (Å²) in [7, 11) is 0. The van der Waals surface area contributed by atoms with Crippen molar-refractivity contribution in [3.63, 3.8) is 0 Å². The summed E-state index contributed by atoms with van der Waals surface area (Å²) in [6.45, 7) is 21.6. The molecule has 0 saturated carbocycles. The van der Waals surface area contributed by atoms with Crippen molar-refractivity contribution in [3.05, 3.63) is 47.7 Å². The van der Waals surface area contributed by atoms with E-state index in [1.807, 2.05) is 84.9 Å². The van der Waals surface area contributed by atoms with Crippen molar-refractivity contribution in [1.82, 2.24) is 10.6 Å². The normalized spacial score (nSPS) is 12.4. The predicted octanol–water partition coefficient (Wildman–Crippen LogP) is 7.55. The summed E-state index contributed by atoms with van der Waals surface area (Å²) in [5.41, 5.74) is 5.35. The molecule has 0 heterocycles. The number of rotatable bonds is 16. The van der Waals surface area contributed by atoms with Crippen molar-refractivity contribution in [2.75, 3.05) is 6.54 Å². The quantitative estimate of drug-likeness (QED) is 0.169. The summed E-state index contributed by atoms with van der Waals surface area (Å²) in [6, 6.07) is 9.38. The van der Waals surface area contributed by atoms with E-state index in [0.717, 1.165) is 37.4 Å². The van der Waals surface area contributed by atoms with E-state index >= 15 is 0 Å². The Morgan fingerprint density at radius 3 is 2.07 bits per heavy atom. The Bertz CT molecular complexity index is 969. The van der Waals surface area contributed by atoms with E-state index in [2.05, 4.69) is 29.5 Å². The van der Waals surface area contributed by atoms with Crippen LogP contribution in [0.3, 0.4) is 0 Å². The minimum atomic E-state index is -1.25. The summed E-state index contributed by atoms with van der Waals surface area (Å²) in [5.74, 6) is 0.289. The van der Waals surface area contributed by atoms with Gasteiger partial charge in [0.1, 0.15) is 11.1 Å². The topological polar surface area (TPSA) is 123 Å². The molecule has 2 amide bonds. The number of ether oxygens (including phenoxy) is 1. The fraction of sp³-hybridized carbons (Fsp3) is 0.657. The van der Waals surface area contributed by atoms with E-state index < -0.39 is 29.2 Å². The van der Waals surface area contributed by atoms with Crippen LogP contribution < -0.4 is 16.4 Å². The van der Waals surface area contributed by atoms with E-state index in [1.54, 1.807) is 20.1 Å². The molecule has 0 saturated heterocycles. The average Bonchev–Trinajstić information content (AvgIpc) is 2.95. The van der Waals surface area contributed by atoms with Gasteiger partial charge in [0, 0.05) is 18.3 Å². The highest BCUT2D eigenvalue weighted by Gasteiger charge is 2.34. The number of hydrogen-bond acceptors (Lipinski definition) is 6. The van der Waals surface area contributed by atoms with Gasteiger partial charge in [0.25, 0.3) is 0 Å². The van der Waals surface area contributed by atoms with Crippen LogP contribution in [0.15, 0.2) is 47.1 Å². The summed E-state index contributed by atoms with van der Waals surface area (Å²) in [4.78, 5) is 42.9. The molecule has 0 fully saturated rings. The van der Waals surface area contributed by atoms with E-state index in [4.69, 9.17) is 10.5 Å². The number of aryl methyl sites for hydroxylation is 1. The number of ketones is 1. The first-order valence-electron chi connectivity index (χ1n) is 15.9. The molecule has 0 unspecified atom stereocenters. The first-order valence-corrected chi connectivity index (χ1v) is 15.9. The molecule has 8 heteroatoms. The molecule has 0 spiro atoms. The van der Waals surface area contributed by atoms with Crippen molar-refractivity contribution < 1.29 is 19.1 Å². The summed E-state index contributed by atoms with van der Waals surface area (Å²) < 4.78 is 5.42. The van der Waals surface area contributed by atoms with Crippen LogP contribution in [0.2, 0.25) is 0 Å². The molecular weight excluding hydrogens is 540 g/mol. The van der Waals surface area contributed by atoms with Crippen LogP contribution in [-0.4, -0.2) is 47.7 Å². The van der Waals surface area contributed by atoms with Gasteiger partial charge in [0.2, 0.25) is 5.91 Å². The van der Waals surface area contributed by atoms with Crippen molar-refractivity contribution in [1.29, 1.82) is 0 Å². The smallest absolute Gasteiger partial charge is 0.408 e. The lowest BCUT2D eigenvalue weighted by Crippen LogP contribution is -2.58. The second-order valence-corrected chi connectivity index (χ2v) is 11.8. The van der Waals surface area contributed by atoms with Crippen molar-refractivity contribution >= 4 is 24.0 Å². The number of carbonyl (C=O) groups excluding carboxylic acids is 3. The third kappa shape index (κ3) is 20.5. The molecule has 1 aromatic carbocycles. The number of aliphatic imine (C=N–C) groups is 1. The first-order chi connectivity index (χ1) is 20.2. The van der Waals surface area contributed by atoms with Crippen LogP contribution in [0.5, 0.6) is 0 Å². The van der Waals surface area contributed by atoms with E-state index in [0.29, 0.717) is 19.3 Å². The fourth-order valence-corrected chi connectivity index (χ4v) is 3.68. The van der Waals surface area contributed by atoms with Crippen molar-refractivity contribution in [2.24, 2.45) is 16.6 Å². The van der Waals surface area contributed by atoms with E-state index in [-0.39, 0.29) is 12.2 Å². The van der Waals surface area contributed by atoms with Gasteiger partial charge in [-0.3, -0.25) is 14.6 Å². The minimum absolute atomic E-state index is 0.0532. The SMILES string of the molecule is CC.CC(C)CCN.CC=N/C(=C\C)CCC(=O)[C@@H](CCCc1ccccc1)NC(=O)C(C)(C)NC(=O)OC(C)(C)CC. The molecule has 1 aromatic rings. The third-order valence-corrected chi connectivity index (χ3v) is 6.70. The highest BCUT2D eigenvalue weighted by molar-refractivity contribution is 5.94. The van der Waals surface area contributed by atoms with E-state index in [9.17, 15) is 14.4 Å². The summed E-state index contributed by atoms with van der Waals surface area (Å²) >= 11 is 0. The van der Waals surface area contributed by atoms with Gasteiger partial charge in [-0.25, -0.2) is 4.79 Å². The molecule has 4 N–H and O–H groups in total. The molecule has 8 nitrogen and oxygen atoms in total. The molecule has 1 rings (SSSR count). The molecule has 0 radical (unpaired) electrons. The zero-order chi connectivity index (χ0) is 33.5. The first kappa shape index (κ1) is 42.1. The molecule has 0 aromatic heterocycles. The van der Waals surface area contributed by atoms with Crippen molar-refractivity contribution in [3.8, 4) is 0 Å². The van der Waals surface area contributed by atoms with Gasteiger partial charge >= 0.3 is 6.09 Å². The monoisotopic (exact) mass is 602 g/mol. The fourth-order valence-electron chi connectivity index (χ4n) is 3.68. The Balaban J connectivity index is 0. The number of benzene rings is 1. The van der Waals surface area contributed by atoms with Gasteiger partial charge < -0.3 is 21.1 Å². The zero-order valence-electron chi connectivity index (χ0n) is 29.0. The van der Waals surface area contributed by atoms with Crippen LogP contribution in [0.4, 0.5) is 4.79 Å². The van der Waals surface area contributed by atoms with Crippen molar-refractivity contribution in [2.45, 2.75) is 138 Å². The maximum absolute atomic E-state index is 13.1. The number of Topliss-reactive ketones (excluding diaryl/α,β-unsaturated/α-hetero) is 1. The molecule has 0 aliphatic carbocycles. The Labute approximate surface area is 262 Å². The van der Waals surface area contributed by atoms with Crippen LogP contribution in [0.25, 0.3) is 0 Å². The van der Waals surface area contributed by atoms with E-state index in [1.165, 1.54) is 5.56 Å². The Morgan fingerprint density at radius 1 is 1.00 bits per heavy atom. The highest BCUT2D eigenvalue weighted by Crippen LogP contribution is 2.16. The molecular formula is C35H62N4O4. The largest absolute Gasteiger partial charge is 0.444 e. The number of amides is 2. The second-order valence-electron chi connectivity index (χ2n) is 11.8. The lowest BCUT2D eigenvalue weighted by atomic mass is 9.97. The van der Waals surface area contributed by atoms with Gasteiger partial charge in [-0.05, 0) is 98.1 Å². The van der Waals surface area contributed by atoms with Gasteiger partial charge in [-0.2, -0.15) is 0 Å². The summed E-state index contributed by atoms with van der Waals surface area (Å²) in [6.07, 6.45) is 7.54. The highest BCUT2D eigenvalue weighted by atomic mass is 16.6. The number of carbonyl (C=O) groups is 3. The zero-order valence-corrected chi connectivity index (χ0v) is 29.0. The Kier molecular flexibility index (Phi) is 23.0. The maximum Gasteiger partial charge on any atom is 0.408 e. The number of nitrogens with zero attached hydrogens (tertiary/aromatic N) is 1. The Morgan fingerprint density at radius 2 is 1.60 bits per heavy atom. The lowest BCUT2D eigenvalue weighted by Gasteiger charge is -2.30. The summed E-state index contributed by atoms with van der Waals surface area (Å²) in [5, 5.41) is 5.52. The number of alkyl carbamates (subject to hydrolysis) is 1. The van der Waals surface area contributed by atoms with Crippen LogP contribution in [-0.2, 0) is 20.7 Å².